The summed E-state index contributed by atoms with van der Waals surface area (Å²) in [6, 6.07) is -0.00611. The van der Waals surface area contributed by atoms with E-state index < -0.39 is 0 Å². The van der Waals surface area contributed by atoms with Crippen molar-refractivity contribution >= 4 is 17.9 Å². The molecule has 2 aliphatic rings. The Morgan fingerprint density at radius 3 is 3.23 bits per heavy atom. The van der Waals surface area contributed by atoms with Crippen LogP contribution in [0.5, 0.6) is 0 Å². The fourth-order valence-corrected chi connectivity index (χ4v) is 1.22. The maximum atomic E-state index is 11.1. The molecule has 13 heavy (non-hydrogen) atoms. The first-order chi connectivity index (χ1) is 6.31. The zero-order chi connectivity index (χ0) is 9.26. The highest BCUT2D eigenvalue weighted by Gasteiger charge is 2.20. The summed E-state index contributed by atoms with van der Waals surface area (Å²) < 4.78 is 4.56. The number of carbonyl (C=O) groups is 1. The van der Waals surface area contributed by atoms with Gasteiger partial charge in [0.25, 0.3) is 0 Å². The number of ether oxygens (including phenoxy) is 1. The lowest BCUT2D eigenvalue weighted by Gasteiger charge is -2.09. The standard InChI is InChI=1S/C9H8N2O2/c1-13-9(12)6-4-8-7(11-5-6)2-3-10-8/h2-5,7H,1H3/t7-/m0/s1. The Morgan fingerprint density at radius 1 is 1.62 bits per heavy atom. The summed E-state index contributed by atoms with van der Waals surface area (Å²) in [6.45, 7) is 0. The predicted molar refractivity (Wildman–Crippen MR) is 49.0 cm³/mol. The van der Waals surface area contributed by atoms with E-state index in [1.807, 2.05) is 6.08 Å². The molecule has 0 amide bonds. The summed E-state index contributed by atoms with van der Waals surface area (Å²) in [5.41, 5.74) is 1.24. The number of methoxy groups -OCH3 is 1. The number of carbonyl (C=O) groups excluding carboxylic acids is 1. The molecular weight excluding hydrogens is 168 g/mol. The van der Waals surface area contributed by atoms with Crippen LogP contribution in [0.15, 0.2) is 33.9 Å². The maximum absolute atomic E-state index is 11.1. The quantitative estimate of drug-likeness (QED) is 0.546. The summed E-state index contributed by atoms with van der Waals surface area (Å²) in [7, 11) is 1.35. The van der Waals surface area contributed by atoms with E-state index in [4.69, 9.17) is 0 Å². The zero-order valence-electron chi connectivity index (χ0n) is 7.10. The van der Waals surface area contributed by atoms with Gasteiger partial charge < -0.3 is 4.74 Å². The molecule has 4 heteroatoms. The van der Waals surface area contributed by atoms with Gasteiger partial charge in [0.1, 0.15) is 6.04 Å². The molecule has 0 aromatic carbocycles. The van der Waals surface area contributed by atoms with Crippen molar-refractivity contribution in [3.63, 3.8) is 0 Å². The van der Waals surface area contributed by atoms with Crippen LogP contribution in [0.4, 0.5) is 0 Å². The van der Waals surface area contributed by atoms with Crippen LogP contribution in [0.1, 0.15) is 0 Å². The molecule has 4 nitrogen and oxygen atoms in total. The van der Waals surface area contributed by atoms with E-state index in [1.54, 1.807) is 12.3 Å². The van der Waals surface area contributed by atoms with Gasteiger partial charge in [0, 0.05) is 12.4 Å². The van der Waals surface area contributed by atoms with Crippen LogP contribution < -0.4 is 0 Å². The smallest absolute Gasteiger partial charge is 0.339 e. The highest BCUT2D eigenvalue weighted by atomic mass is 16.5. The first-order valence-corrected chi connectivity index (χ1v) is 3.89. The van der Waals surface area contributed by atoms with Gasteiger partial charge in [-0.1, -0.05) is 0 Å². The average Bonchev–Trinajstić information content (AvgIpc) is 2.63. The van der Waals surface area contributed by atoms with E-state index >= 15 is 0 Å². The van der Waals surface area contributed by atoms with E-state index in [0.717, 1.165) is 5.71 Å². The van der Waals surface area contributed by atoms with Crippen molar-refractivity contribution in [2.45, 2.75) is 6.04 Å². The van der Waals surface area contributed by atoms with Crippen molar-refractivity contribution in [3.05, 3.63) is 23.9 Å². The van der Waals surface area contributed by atoms with Gasteiger partial charge in [0.05, 0.1) is 18.4 Å². The van der Waals surface area contributed by atoms with Gasteiger partial charge in [-0.25, -0.2) is 4.79 Å². The van der Waals surface area contributed by atoms with Crippen molar-refractivity contribution in [3.8, 4) is 0 Å². The number of aliphatic imine (C=N–C) groups is 2. The van der Waals surface area contributed by atoms with Crippen LogP contribution in [-0.4, -0.2) is 31.0 Å². The van der Waals surface area contributed by atoms with Gasteiger partial charge in [0.15, 0.2) is 0 Å². The molecule has 2 rings (SSSR count). The second-order valence-corrected chi connectivity index (χ2v) is 2.71. The number of hydrogen-bond acceptors (Lipinski definition) is 4. The predicted octanol–water partition coefficient (Wildman–Crippen LogP) is 0.507. The second-order valence-electron chi connectivity index (χ2n) is 2.71. The van der Waals surface area contributed by atoms with E-state index in [9.17, 15) is 4.79 Å². The van der Waals surface area contributed by atoms with Crippen molar-refractivity contribution in [2.75, 3.05) is 7.11 Å². The van der Waals surface area contributed by atoms with Crippen molar-refractivity contribution in [2.24, 2.45) is 9.98 Å². The van der Waals surface area contributed by atoms with Crippen LogP contribution in [0.3, 0.4) is 0 Å². The van der Waals surface area contributed by atoms with Gasteiger partial charge in [-0.15, -0.1) is 0 Å². The monoisotopic (exact) mass is 176 g/mol. The summed E-state index contributed by atoms with van der Waals surface area (Å²) in [6.07, 6.45) is 6.78. The topological polar surface area (TPSA) is 51.0 Å². The van der Waals surface area contributed by atoms with Gasteiger partial charge >= 0.3 is 5.97 Å². The molecule has 0 fully saturated rings. The maximum Gasteiger partial charge on any atom is 0.339 e. The highest BCUT2D eigenvalue weighted by molar-refractivity contribution is 6.19. The lowest BCUT2D eigenvalue weighted by atomic mass is 10.1. The van der Waals surface area contributed by atoms with Crippen LogP contribution in [0, 0.1) is 0 Å². The zero-order valence-corrected chi connectivity index (χ0v) is 7.10. The van der Waals surface area contributed by atoms with Crippen LogP contribution in [0.25, 0.3) is 0 Å². The number of hydrogen-bond donors (Lipinski definition) is 0. The first-order valence-electron chi connectivity index (χ1n) is 3.89. The third-order valence-electron chi connectivity index (χ3n) is 1.89. The van der Waals surface area contributed by atoms with Gasteiger partial charge in [-0.05, 0) is 12.2 Å². The number of esters is 1. The molecule has 0 spiro atoms. The molecule has 0 aromatic heterocycles. The molecule has 0 saturated carbocycles. The Balaban J connectivity index is 2.26. The van der Waals surface area contributed by atoms with E-state index in [2.05, 4.69) is 14.7 Å². The summed E-state index contributed by atoms with van der Waals surface area (Å²) in [5.74, 6) is -0.378. The molecule has 2 heterocycles. The highest BCUT2D eigenvalue weighted by Crippen LogP contribution is 2.13. The normalized spacial score (nSPS) is 23.6. The minimum Gasteiger partial charge on any atom is -0.465 e. The van der Waals surface area contributed by atoms with Gasteiger partial charge in [0.2, 0.25) is 0 Å². The molecule has 66 valence electrons. The van der Waals surface area contributed by atoms with E-state index in [1.165, 1.54) is 13.3 Å². The molecule has 0 radical (unpaired) electrons. The Morgan fingerprint density at radius 2 is 2.46 bits per heavy atom. The fraction of sp³-hybridized carbons (Fsp3) is 0.222. The summed E-state index contributed by atoms with van der Waals surface area (Å²) in [4.78, 5) is 19.3. The third-order valence-corrected chi connectivity index (χ3v) is 1.89. The molecule has 0 N–H and O–H groups in total. The molecule has 0 aromatic rings. The van der Waals surface area contributed by atoms with Crippen molar-refractivity contribution in [1.29, 1.82) is 0 Å². The third kappa shape index (κ3) is 1.30. The van der Waals surface area contributed by atoms with Crippen molar-refractivity contribution in [1.82, 2.24) is 0 Å². The molecule has 0 bridgehead atoms. The van der Waals surface area contributed by atoms with E-state index in [-0.39, 0.29) is 12.0 Å². The second kappa shape index (κ2) is 2.97. The van der Waals surface area contributed by atoms with Gasteiger partial charge in [-0.2, -0.15) is 0 Å². The number of fused-ring (bicyclic) bond motifs is 1. The molecule has 1 atom stereocenters. The minimum absolute atomic E-state index is 0.00611. The van der Waals surface area contributed by atoms with Crippen LogP contribution >= 0.6 is 0 Å². The lowest BCUT2D eigenvalue weighted by Crippen LogP contribution is -2.19. The Hall–Kier alpha value is -1.71. The largest absolute Gasteiger partial charge is 0.465 e. The summed E-state index contributed by atoms with van der Waals surface area (Å²) >= 11 is 0. The lowest BCUT2D eigenvalue weighted by molar-refractivity contribution is -0.135. The van der Waals surface area contributed by atoms with E-state index in [0.29, 0.717) is 5.57 Å². The van der Waals surface area contributed by atoms with Crippen LogP contribution in [0.2, 0.25) is 0 Å². The Labute approximate surface area is 75.3 Å². The molecular formula is C9H8N2O2. The number of dihydropyridines is 1. The van der Waals surface area contributed by atoms with Crippen molar-refractivity contribution < 1.29 is 9.53 Å². The van der Waals surface area contributed by atoms with Gasteiger partial charge in [-0.3, -0.25) is 9.98 Å². The minimum atomic E-state index is -0.378. The average molecular weight is 176 g/mol. The first kappa shape index (κ1) is 7.91. The fourth-order valence-electron chi connectivity index (χ4n) is 1.22. The summed E-state index contributed by atoms with van der Waals surface area (Å²) in [5, 5.41) is 0. The molecule has 0 aliphatic carbocycles. The number of rotatable bonds is 1. The SMILES string of the molecule is COC(=O)C1=CC2=NC=C[C@@H]2N=C1. The Bertz CT molecular complexity index is 364. The molecule has 0 saturated heterocycles. The Kier molecular flexibility index (Phi) is 1.81. The number of nitrogens with zero attached hydrogens (tertiary/aromatic N) is 2. The molecule has 0 unspecified atom stereocenters. The molecule has 2 aliphatic heterocycles. The van der Waals surface area contributed by atoms with Crippen LogP contribution in [-0.2, 0) is 9.53 Å².